The van der Waals surface area contributed by atoms with Crippen LogP contribution in [0.3, 0.4) is 0 Å². The topological polar surface area (TPSA) is 72.2 Å². The van der Waals surface area contributed by atoms with Gasteiger partial charge in [-0.3, -0.25) is 14.6 Å². The van der Waals surface area contributed by atoms with Gasteiger partial charge in [0.2, 0.25) is 0 Å². The van der Waals surface area contributed by atoms with Gasteiger partial charge in [0.25, 0.3) is 5.91 Å². The number of anilines is 1. The first-order chi connectivity index (χ1) is 10.8. The van der Waals surface area contributed by atoms with Crippen LogP contribution in [-0.2, 0) is 0 Å². The number of carbonyl (C=O) groups excluding carboxylic acids is 2. The van der Waals surface area contributed by atoms with E-state index in [4.69, 9.17) is 4.42 Å². The largest absolute Gasteiger partial charge is 0.453 e. The van der Waals surface area contributed by atoms with Crippen molar-refractivity contribution in [2.75, 3.05) is 5.32 Å². The SMILES string of the molecule is O=Cc1ccc(-c2cccc(NC(=O)c3cccnc3)c2)o1. The van der Waals surface area contributed by atoms with E-state index < -0.39 is 0 Å². The van der Waals surface area contributed by atoms with E-state index in [0.717, 1.165) is 5.56 Å². The van der Waals surface area contributed by atoms with Crippen molar-refractivity contribution in [3.8, 4) is 11.3 Å². The third kappa shape index (κ3) is 2.93. The molecule has 5 nitrogen and oxygen atoms in total. The lowest BCUT2D eigenvalue weighted by atomic mass is 10.1. The molecule has 1 amide bonds. The quantitative estimate of drug-likeness (QED) is 0.748. The molecule has 0 aliphatic rings. The van der Waals surface area contributed by atoms with Crippen LogP contribution in [0.15, 0.2) is 65.3 Å². The lowest BCUT2D eigenvalue weighted by molar-refractivity contribution is 0.102. The molecule has 0 aliphatic heterocycles. The first kappa shape index (κ1) is 13.8. The van der Waals surface area contributed by atoms with Gasteiger partial charge in [-0.05, 0) is 36.4 Å². The molecule has 0 radical (unpaired) electrons. The molecule has 0 fully saturated rings. The predicted octanol–water partition coefficient (Wildman–Crippen LogP) is 3.41. The number of nitrogens with one attached hydrogen (secondary N) is 1. The Morgan fingerprint density at radius 2 is 2.05 bits per heavy atom. The van der Waals surface area contributed by atoms with E-state index in [0.29, 0.717) is 23.3 Å². The second kappa shape index (κ2) is 6.05. The summed E-state index contributed by atoms with van der Waals surface area (Å²) in [7, 11) is 0. The molecule has 0 spiro atoms. The van der Waals surface area contributed by atoms with E-state index in [9.17, 15) is 9.59 Å². The second-order valence-electron chi connectivity index (χ2n) is 4.60. The van der Waals surface area contributed by atoms with Crippen LogP contribution in [0.4, 0.5) is 5.69 Å². The predicted molar refractivity (Wildman–Crippen MR) is 81.7 cm³/mol. The minimum Gasteiger partial charge on any atom is -0.453 e. The molecule has 0 saturated carbocycles. The third-order valence-corrected chi connectivity index (χ3v) is 3.07. The van der Waals surface area contributed by atoms with Crippen LogP contribution in [0.2, 0.25) is 0 Å². The zero-order valence-corrected chi connectivity index (χ0v) is 11.5. The highest BCUT2D eigenvalue weighted by atomic mass is 16.3. The number of aromatic nitrogens is 1. The van der Waals surface area contributed by atoms with E-state index >= 15 is 0 Å². The molecule has 3 rings (SSSR count). The van der Waals surface area contributed by atoms with Gasteiger partial charge in [-0.15, -0.1) is 0 Å². The molecule has 5 heteroatoms. The van der Waals surface area contributed by atoms with Crippen molar-refractivity contribution in [3.63, 3.8) is 0 Å². The Morgan fingerprint density at radius 3 is 2.77 bits per heavy atom. The summed E-state index contributed by atoms with van der Waals surface area (Å²) >= 11 is 0. The van der Waals surface area contributed by atoms with Gasteiger partial charge in [0.05, 0.1) is 5.56 Å². The minimum atomic E-state index is -0.238. The van der Waals surface area contributed by atoms with Crippen molar-refractivity contribution in [2.45, 2.75) is 0 Å². The van der Waals surface area contributed by atoms with Crippen molar-refractivity contribution >= 4 is 17.9 Å². The van der Waals surface area contributed by atoms with Gasteiger partial charge in [-0.1, -0.05) is 12.1 Å². The number of hydrogen-bond acceptors (Lipinski definition) is 4. The summed E-state index contributed by atoms with van der Waals surface area (Å²) in [6.45, 7) is 0. The number of aldehydes is 1. The Labute approximate surface area is 126 Å². The Morgan fingerprint density at radius 1 is 1.14 bits per heavy atom. The molecular weight excluding hydrogens is 280 g/mol. The Hall–Kier alpha value is -3.21. The fourth-order valence-electron chi connectivity index (χ4n) is 2.02. The number of benzene rings is 1. The van der Waals surface area contributed by atoms with Gasteiger partial charge in [-0.2, -0.15) is 0 Å². The second-order valence-corrected chi connectivity index (χ2v) is 4.60. The van der Waals surface area contributed by atoms with Crippen LogP contribution in [0, 0.1) is 0 Å². The van der Waals surface area contributed by atoms with E-state index in [1.807, 2.05) is 6.07 Å². The molecule has 1 aromatic carbocycles. The van der Waals surface area contributed by atoms with Crippen LogP contribution < -0.4 is 5.32 Å². The van der Waals surface area contributed by atoms with Gasteiger partial charge in [0, 0.05) is 23.6 Å². The lowest BCUT2D eigenvalue weighted by Gasteiger charge is -2.06. The molecule has 108 valence electrons. The van der Waals surface area contributed by atoms with Crippen LogP contribution in [0.1, 0.15) is 20.9 Å². The molecule has 22 heavy (non-hydrogen) atoms. The van der Waals surface area contributed by atoms with Crippen LogP contribution >= 0.6 is 0 Å². The summed E-state index contributed by atoms with van der Waals surface area (Å²) in [5.74, 6) is 0.595. The van der Waals surface area contributed by atoms with Gasteiger partial charge in [0.1, 0.15) is 5.76 Å². The standard InChI is InChI=1S/C17H12N2O3/c20-11-15-6-7-16(22-15)12-3-1-5-14(9-12)19-17(21)13-4-2-8-18-10-13/h1-11H,(H,19,21). The van der Waals surface area contributed by atoms with Crippen LogP contribution in [0.25, 0.3) is 11.3 Å². The van der Waals surface area contributed by atoms with Crippen molar-refractivity contribution in [3.05, 3.63) is 72.2 Å². The lowest BCUT2D eigenvalue weighted by Crippen LogP contribution is -2.11. The van der Waals surface area contributed by atoms with Crippen molar-refractivity contribution in [1.82, 2.24) is 4.98 Å². The smallest absolute Gasteiger partial charge is 0.257 e. The van der Waals surface area contributed by atoms with Crippen molar-refractivity contribution in [2.24, 2.45) is 0 Å². The molecule has 3 aromatic rings. The van der Waals surface area contributed by atoms with Crippen molar-refractivity contribution in [1.29, 1.82) is 0 Å². The molecular formula is C17H12N2O3. The van der Waals surface area contributed by atoms with E-state index in [1.54, 1.807) is 48.7 Å². The molecule has 0 atom stereocenters. The molecule has 0 aliphatic carbocycles. The van der Waals surface area contributed by atoms with Gasteiger partial charge in [-0.25, -0.2) is 0 Å². The van der Waals surface area contributed by atoms with E-state index in [2.05, 4.69) is 10.3 Å². The molecule has 2 aromatic heterocycles. The average Bonchev–Trinajstić information content (AvgIpc) is 3.05. The van der Waals surface area contributed by atoms with Gasteiger partial charge < -0.3 is 9.73 Å². The fraction of sp³-hybridized carbons (Fsp3) is 0. The normalized spacial score (nSPS) is 10.2. The Kier molecular flexibility index (Phi) is 3.78. The number of nitrogens with zero attached hydrogens (tertiary/aromatic N) is 1. The summed E-state index contributed by atoms with van der Waals surface area (Å²) in [5, 5.41) is 2.80. The van der Waals surface area contributed by atoms with Crippen LogP contribution in [0.5, 0.6) is 0 Å². The number of rotatable bonds is 4. The first-order valence-corrected chi connectivity index (χ1v) is 6.63. The maximum Gasteiger partial charge on any atom is 0.257 e. The number of hydrogen-bond donors (Lipinski definition) is 1. The molecule has 2 heterocycles. The zero-order valence-electron chi connectivity index (χ0n) is 11.5. The summed E-state index contributed by atoms with van der Waals surface area (Å²) in [4.78, 5) is 26.7. The van der Waals surface area contributed by atoms with E-state index in [-0.39, 0.29) is 11.7 Å². The third-order valence-electron chi connectivity index (χ3n) is 3.07. The number of carbonyl (C=O) groups is 2. The summed E-state index contributed by atoms with van der Waals surface area (Å²) in [5.41, 5.74) is 1.89. The molecule has 0 bridgehead atoms. The highest BCUT2D eigenvalue weighted by Crippen LogP contribution is 2.24. The highest BCUT2D eigenvalue weighted by Gasteiger charge is 2.08. The number of amides is 1. The summed E-state index contributed by atoms with van der Waals surface area (Å²) in [6, 6.07) is 13.9. The van der Waals surface area contributed by atoms with E-state index in [1.165, 1.54) is 6.20 Å². The number of furan rings is 1. The van der Waals surface area contributed by atoms with Crippen LogP contribution in [-0.4, -0.2) is 17.2 Å². The maximum absolute atomic E-state index is 12.1. The summed E-state index contributed by atoms with van der Waals surface area (Å²) in [6.07, 6.45) is 3.76. The summed E-state index contributed by atoms with van der Waals surface area (Å²) < 4.78 is 5.37. The zero-order chi connectivity index (χ0) is 15.4. The molecule has 0 unspecified atom stereocenters. The first-order valence-electron chi connectivity index (χ1n) is 6.63. The molecule has 0 saturated heterocycles. The number of pyridine rings is 1. The van der Waals surface area contributed by atoms with Gasteiger partial charge in [0.15, 0.2) is 12.0 Å². The Balaban J connectivity index is 1.82. The van der Waals surface area contributed by atoms with Gasteiger partial charge >= 0.3 is 0 Å². The highest BCUT2D eigenvalue weighted by molar-refractivity contribution is 6.04. The minimum absolute atomic E-state index is 0.238. The Bertz CT molecular complexity index is 810. The molecule has 1 N–H and O–H groups in total. The fourth-order valence-corrected chi connectivity index (χ4v) is 2.02. The maximum atomic E-state index is 12.1. The average molecular weight is 292 g/mol. The van der Waals surface area contributed by atoms with Crippen molar-refractivity contribution < 1.29 is 14.0 Å². The monoisotopic (exact) mass is 292 g/mol.